The first kappa shape index (κ1) is 13.6. The lowest BCUT2D eigenvalue weighted by molar-refractivity contribution is 0.187. The molecule has 106 valence electrons. The Balaban J connectivity index is 1.41. The number of nitrogens with one attached hydrogen (secondary N) is 1. The summed E-state index contributed by atoms with van der Waals surface area (Å²) in [5.74, 6) is 2.02. The van der Waals surface area contributed by atoms with Gasteiger partial charge in [0.05, 0.1) is 0 Å². The van der Waals surface area contributed by atoms with E-state index < -0.39 is 0 Å². The van der Waals surface area contributed by atoms with Gasteiger partial charge in [-0.3, -0.25) is 4.90 Å². The fourth-order valence-electron chi connectivity index (χ4n) is 2.65. The molecule has 2 saturated carbocycles. The van der Waals surface area contributed by atoms with Crippen LogP contribution in [0.5, 0.6) is 0 Å². The first-order valence-electron chi connectivity index (χ1n) is 7.78. The smallest absolute Gasteiger partial charge is 0.0300 e. The number of hydrogen-bond acceptors (Lipinski definition) is 3. The molecule has 1 heterocycles. The van der Waals surface area contributed by atoms with Crippen LogP contribution in [0.4, 0.5) is 0 Å². The molecule has 1 unspecified atom stereocenters. The summed E-state index contributed by atoms with van der Waals surface area (Å²) in [5.41, 5.74) is 0. The highest BCUT2D eigenvalue weighted by Gasteiger charge is 2.30. The van der Waals surface area contributed by atoms with Crippen LogP contribution in [0.15, 0.2) is 17.5 Å². The molecule has 0 bridgehead atoms. The Morgan fingerprint density at radius 3 is 2.47 bits per heavy atom. The van der Waals surface area contributed by atoms with Crippen molar-refractivity contribution in [3.8, 4) is 0 Å². The standard InChI is InChI=1S/C16H26N2S/c1-13(9-17-10-16-3-2-8-19-16)18(11-14-4-5-14)12-15-6-7-15/h2-3,8,13-15,17H,4-7,9-12H2,1H3. The van der Waals surface area contributed by atoms with Crippen molar-refractivity contribution < 1.29 is 0 Å². The first-order valence-corrected chi connectivity index (χ1v) is 8.66. The van der Waals surface area contributed by atoms with Crippen LogP contribution >= 0.6 is 11.3 Å². The molecule has 0 spiro atoms. The molecule has 1 atom stereocenters. The second kappa shape index (κ2) is 6.38. The molecule has 2 aliphatic carbocycles. The summed E-state index contributed by atoms with van der Waals surface area (Å²) in [6.45, 7) is 7.24. The van der Waals surface area contributed by atoms with Crippen molar-refractivity contribution in [3.05, 3.63) is 22.4 Å². The third-order valence-electron chi connectivity index (χ3n) is 4.32. The second-order valence-electron chi connectivity index (χ2n) is 6.40. The van der Waals surface area contributed by atoms with Crippen molar-refractivity contribution >= 4 is 11.3 Å². The Bertz CT molecular complexity index is 354. The molecule has 19 heavy (non-hydrogen) atoms. The predicted octanol–water partition coefficient (Wildman–Crippen LogP) is 3.35. The SMILES string of the molecule is CC(CNCc1cccs1)N(CC1CC1)CC1CC1. The molecule has 1 aromatic rings. The average Bonchev–Trinajstić information content (AvgIpc) is 3.32. The lowest BCUT2D eigenvalue weighted by atomic mass is 10.2. The number of thiophene rings is 1. The number of hydrogen-bond donors (Lipinski definition) is 1. The van der Waals surface area contributed by atoms with Gasteiger partial charge in [0.2, 0.25) is 0 Å². The van der Waals surface area contributed by atoms with E-state index in [1.165, 1.54) is 43.6 Å². The van der Waals surface area contributed by atoms with E-state index in [2.05, 4.69) is 34.7 Å². The molecule has 2 aliphatic rings. The van der Waals surface area contributed by atoms with Gasteiger partial charge in [-0.2, -0.15) is 0 Å². The Morgan fingerprint density at radius 1 is 1.26 bits per heavy atom. The normalized spacial score (nSPS) is 20.9. The highest BCUT2D eigenvalue weighted by Crippen LogP contribution is 2.34. The summed E-state index contributed by atoms with van der Waals surface area (Å²) in [4.78, 5) is 4.19. The molecule has 3 rings (SSSR count). The van der Waals surface area contributed by atoms with Crippen molar-refractivity contribution in [2.24, 2.45) is 11.8 Å². The molecular weight excluding hydrogens is 252 g/mol. The maximum absolute atomic E-state index is 3.62. The fraction of sp³-hybridized carbons (Fsp3) is 0.750. The van der Waals surface area contributed by atoms with E-state index >= 15 is 0 Å². The average molecular weight is 278 g/mol. The molecule has 2 nitrogen and oxygen atoms in total. The quantitative estimate of drug-likeness (QED) is 0.745. The van der Waals surface area contributed by atoms with Crippen molar-refractivity contribution in [2.45, 2.75) is 45.2 Å². The van der Waals surface area contributed by atoms with Gasteiger partial charge in [0, 0.05) is 37.1 Å². The molecule has 0 amide bonds. The lowest BCUT2D eigenvalue weighted by Crippen LogP contribution is -2.42. The van der Waals surface area contributed by atoms with Gasteiger partial charge >= 0.3 is 0 Å². The molecular formula is C16H26N2S. The van der Waals surface area contributed by atoms with Gasteiger partial charge in [-0.05, 0) is 55.9 Å². The minimum absolute atomic E-state index is 0.682. The molecule has 0 saturated heterocycles. The van der Waals surface area contributed by atoms with Crippen LogP contribution in [0.1, 0.15) is 37.5 Å². The van der Waals surface area contributed by atoms with Crippen molar-refractivity contribution in [2.75, 3.05) is 19.6 Å². The van der Waals surface area contributed by atoms with E-state index in [0.29, 0.717) is 6.04 Å². The summed E-state index contributed by atoms with van der Waals surface area (Å²) < 4.78 is 0. The molecule has 0 aromatic carbocycles. The van der Waals surface area contributed by atoms with Gasteiger partial charge in [0.1, 0.15) is 0 Å². The van der Waals surface area contributed by atoms with Crippen LogP contribution in [0.3, 0.4) is 0 Å². The third-order valence-corrected chi connectivity index (χ3v) is 5.20. The van der Waals surface area contributed by atoms with E-state index in [-0.39, 0.29) is 0 Å². The largest absolute Gasteiger partial charge is 0.310 e. The van der Waals surface area contributed by atoms with E-state index in [1.807, 2.05) is 11.3 Å². The summed E-state index contributed by atoms with van der Waals surface area (Å²) in [6, 6.07) is 5.03. The van der Waals surface area contributed by atoms with Gasteiger partial charge in [-0.25, -0.2) is 0 Å². The highest BCUT2D eigenvalue weighted by atomic mass is 32.1. The summed E-state index contributed by atoms with van der Waals surface area (Å²) >= 11 is 1.85. The predicted molar refractivity (Wildman–Crippen MR) is 82.5 cm³/mol. The van der Waals surface area contributed by atoms with Crippen molar-refractivity contribution in [1.29, 1.82) is 0 Å². The van der Waals surface area contributed by atoms with Crippen LogP contribution in [0.2, 0.25) is 0 Å². The highest BCUT2D eigenvalue weighted by molar-refractivity contribution is 7.09. The van der Waals surface area contributed by atoms with Crippen LogP contribution in [0, 0.1) is 11.8 Å². The van der Waals surface area contributed by atoms with Gasteiger partial charge in [-0.1, -0.05) is 6.07 Å². The van der Waals surface area contributed by atoms with Gasteiger partial charge in [0.25, 0.3) is 0 Å². The lowest BCUT2D eigenvalue weighted by Gasteiger charge is -2.29. The van der Waals surface area contributed by atoms with E-state index in [4.69, 9.17) is 0 Å². The van der Waals surface area contributed by atoms with Gasteiger partial charge < -0.3 is 5.32 Å². The second-order valence-corrected chi connectivity index (χ2v) is 7.43. The minimum atomic E-state index is 0.682. The van der Waals surface area contributed by atoms with E-state index in [1.54, 1.807) is 0 Å². The summed E-state index contributed by atoms with van der Waals surface area (Å²) in [5, 5.41) is 5.78. The van der Waals surface area contributed by atoms with Crippen LogP contribution in [-0.4, -0.2) is 30.6 Å². The summed E-state index contributed by atoms with van der Waals surface area (Å²) in [6.07, 6.45) is 5.88. The Morgan fingerprint density at radius 2 is 1.95 bits per heavy atom. The maximum atomic E-state index is 3.62. The van der Waals surface area contributed by atoms with Crippen molar-refractivity contribution in [1.82, 2.24) is 10.2 Å². The van der Waals surface area contributed by atoms with Crippen LogP contribution in [-0.2, 0) is 6.54 Å². The van der Waals surface area contributed by atoms with Crippen LogP contribution in [0.25, 0.3) is 0 Å². The first-order chi connectivity index (χ1) is 9.31. The minimum Gasteiger partial charge on any atom is -0.310 e. The zero-order valence-electron chi connectivity index (χ0n) is 12.0. The third kappa shape index (κ3) is 4.59. The zero-order chi connectivity index (χ0) is 13.1. The molecule has 0 radical (unpaired) electrons. The monoisotopic (exact) mass is 278 g/mol. The number of rotatable bonds is 9. The summed E-state index contributed by atoms with van der Waals surface area (Å²) in [7, 11) is 0. The van der Waals surface area contributed by atoms with Gasteiger partial charge in [-0.15, -0.1) is 11.3 Å². The molecule has 2 fully saturated rings. The Labute approximate surface area is 121 Å². The molecule has 0 aliphatic heterocycles. The Kier molecular flexibility index (Phi) is 4.57. The zero-order valence-corrected chi connectivity index (χ0v) is 12.8. The van der Waals surface area contributed by atoms with Gasteiger partial charge in [0.15, 0.2) is 0 Å². The molecule has 1 aromatic heterocycles. The topological polar surface area (TPSA) is 15.3 Å². The Hall–Kier alpha value is -0.380. The van der Waals surface area contributed by atoms with Crippen LogP contribution < -0.4 is 5.32 Å². The van der Waals surface area contributed by atoms with Crippen molar-refractivity contribution in [3.63, 3.8) is 0 Å². The van der Waals surface area contributed by atoms with E-state index in [0.717, 1.165) is 24.9 Å². The van der Waals surface area contributed by atoms with E-state index in [9.17, 15) is 0 Å². The fourth-order valence-corrected chi connectivity index (χ4v) is 3.32. The molecule has 3 heteroatoms. The number of nitrogens with zero attached hydrogens (tertiary/aromatic N) is 1. The maximum Gasteiger partial charge on any atom is 0.0300 e. The molecule has 1 N–H and O–H groups in total.